The third-order valence-corrected chi connectivity index (χ3v) is 9.97. The van der Waals surface area contributed by atoms with Crippen molar-refractivity contribution in [2.75, 3.05) is 0 Å². The van der Waals surface area contributed by atoms with Crippen LogP contribution in [0.2, 0.25) is 0 Å². The van der Waals surface area contributed by atoms with E-state index in [-0.39, 0.29) is 22.4 Å². The second kappa shape index (κ2) is 14.0. The quantitative estimate of drug-likeness (QED) is 0.165. The summed E-state index contributed by atoms with van der Waals surface area (Å²) >= 11 is 0. The summed E-state index contributed by atoms with van der Waals surface area (Å²) in [6.45, 7) is 8.45. The fraction of sp³-hybridized carbons (Fsp3) is 0.0833. The summed E-state index contributed by atoms with van der Waals surface area (Å²) in [4.78, 5) is 21.5. The number of hydrogen-bond acceptors (Lipinski definition) is 2. The summed E-state index contributed by atoms with van der Waals surface area (Å²) in [5, 5.41) is 0. The number of aryl methyl sites for hydroxylation is 4. The maximum Gasteiger partial charge on any atom is 0.0704 e. The molecule has 7 aromatic rings. The molecule has 4 aromatic carbocycles. The fourth-order valence-corrected chi connectivity index (χ4v) is 7.15. The third-order valence-electron chi connectivity index (χ3n) is 9.97. The molecule has 0 amide bonds. The van der Waals surface area contributed by atoms with Gasteiger partial charge in [0.05, 0.1) is 22.8 Å². The van der Waals surface area contributed by atoms with Crippen molar-refractivity contribution in [3.8, 4) is 44.5 Å². The average molecular weight is 866 g/mol. The van der Waals surface area contributed by atoms with Crippen LogP contribution in [-0.4, -0.2) is 9.97 Å². The van der Waals surface area contributed by atoms with Crippen molar-refractivity contribution in [2.45, 2.75) is 27.7 Å². The van der Waals surface area contributed by atoms with Crippen LogP contribution in [-0.2, 0) is 22.4 Å². The Labute approximate surface area is 325 Å². The summed E-state index contributed by atoms with van der Waals surface area (Å²) in [6, 6.07) is 43.0. The Kier molecular flexibility index (Phi) is 9.05. The van der Waals surface area contributed by atoms with Gasteiger partial charge in [0.1, 0.15) is 0 Å². The molecular formula is C48H36AuN4-2. The van der Waals surface area contributed by atoms with E-state index in [1.807, 2.05) is 0 Å². The number of rotatable bonds is 4. The topological polar surface area (TPSA) is 54.0 Å². The molecule has 0 atom stereocenters. The fourth-order valence-electron chi connectivity index (χ4n) is 7.15. The Morgan fingerprint density at radius 3 is 0.717 bits per heavy atom. The van der Waals surface area contributed by atoms with Gasteiger partial charge in [-0.3, -0.25) is 0 Å². The molecule has 5 heteroatoms. The zero-order valence-corrected chi connectivity index (χ0v) is 32.1. The molecule has 0 saturated heterocycles. The van der Waals surface area contributed by atoms with Crippen molar-refractivity contribution in [1.29, 1.82) is 0 Å². The smallest absolute Gasteiger partial charge is 0.0704 e. The van der Waals surface area contributed by atoms with Gasteiger partial charge in [0, 0.05) is 22.4 Å². The standard InChI is InChI=1S/C48H36N4.Au/c1-29-5-13-33(14-6-29)45-37-21-23-39(49-37)46(34-15-7-30(2)8-16-34)41-25-27-43(51-41)48(36-19-11-32(4)12-20-36)44-28-26-42(52-44)47(40-24-22-38(45)50-40)35-17-9-31(3)10-18-35;/h5-28H,1-4H3;/q-2;. The summed E-state index contributed by atoms with van der Waals surface area (Å²) in [6.07, 6.45) is 8.48. The van der Waals surface area contributed by atoms with E-state index >= 15 is 0 Å². The van der Waals surface area contributed by atoms with E-state index in [9.17, 15) is 0 Å². The molecular weight excluding hydrogens is 830 g/mol. The van der Waals surface area contributed by atoms with Crippen LogP contribution < -0.4 is 9.97 Å². The number of aromatic nitrogens is 4. The molecule has 261 valence electrons. The van der Waals surface area contributed by atoms with Crippen LogP contribution in [0.5, 0.6) is 0 Å². The summed E-state index contributed by atoms with van der Waals surface area (Å²) in [7, 11) is 0. The van der Waals surface area contributed by atoms with Crippen LogP contribution in [0.15, 0.2) is 121 Å². The molecule has 3 aromatic heterocycles. The zero-order valence-electron chi connectivity index (χ0n) is 29.9. The molecule has 9 rings (SSSR count). The molecule has 0 aliphatic carbocycles. The first-order valence-corrected chi connectivity index (χ1v) is 17.7. The molecule has 0 unspecified atom stereocenters. The van der Waals surface area contributed by atoms with Crippen LogP contribution in [0, 0.1) is 27.7 Å². The molecule has 0 fully saturated rings. The van der Waals surface area contributed by atoms with Gasteiger partial charge in [-0.25, -0.2) is 9.97 Å². The summed E-state index contributed by atoms with van der Waals surface area (Å²) < 4.78 is 0. The Balaban J connectivity index is 0.00000400. The largest absolute Gasteiger partial charge is 0.657 e. The van der Waals surface area contributed by atoms with Gasteiger partial charge in [-0.2, -0.15) is 0 Å². The van der Waals surface area contributed by atoms with E-state index in [1.165, 1.54) is 22.3 Å². The van der Waals surface area contributed by atoms with Crippen LogP contribution in [0.1, 0.15) is 45.0 Å². The minimum absolute atomic E-state index is 0. The van der Waals surface area contributed by atoms with Gasteiger partial charge in [0.15, 0.2) is 0 Å². The van der Waals surface area contributed by atoms with Gasteiger partial charge in [-0.1, -0.05) is 144 Å². The second-order valence-electron chi connectivity index (χ2n) is 13.8. The van der Waals surface area contributed by atoms with E-state index in [0.29, 0.717) is 0 Å². The Hall–Kier alpha value is -5.78. The Morgan fingerprint density at radius 1 is 0.302 bits per heavy atom. The number of benzene rings is 4. The Morgan fingerprint density at radius 2 is 0.509 bits per heavy atom. The molecule has 0 N–H and O–H groups in total. The normalized spacial score (nSPS) is 11.8. The summed E-state index contributed by atoms with van der Waals surface area (Å²) in [5.41, 5.74) is 19.9. The first-order valence-electron chi connectivity index (χ1n) is 17.7. The van der Waals surface area contributed by atoms with Crippen molar-refractivity contribution in [1.82, 2.24) is 19.9 Å². The van der Waals surface area contributed by atoms with E-state index in [2.05, 4.69) is 173 Å². The molecule has 0 saturated carbocycles. The van der Waals surface area contributed by atoms with Gasteiger partial charge in [0.25, 0.3) is 0 Å². The maximum absolute atomic E-state index is 5.37. The van der Waals surface area contributed by atoms with Crippen LogP contribution >= 0.6 is 0 Å². The number of hydrogen-bond donors (Lipinski definition) is 0. The molecule has 2 aliphatic rings. The van der Waals surface area contributed by atoms with E-state index in [1.54, 1.807) is 0 Å². The van der Waals surface area contributed by atoms with Crippen molar-refractivity contribution in [3.63, 3.8) is 0 Å². The maximum atomic E-state index is 5.37. The van der Waals surface area contributed by atoms with Gasteiger partial charge in [-0.05, 0) is 96.5 Å². The first kappa shape index (κ1) is 34.3. The number of fused-ring (bicyclic) bond motifs is 8. The van der Waals surface area contributed by atoms with Crippen molar-refractivity contribution in [2.24, 2.45) is 0 Å². The second-order valence-corrected chi connectivity index (χ2v) is 13.8. The molecule has 8 bridgehead atoms. The first-order chi connectivity index (χ1) is 25.4. The SMILES string of the molecule is Cc1ccc(-c2c3nc(c(-c4ccc(C)cc4)c4ccc([n-]4)c(-c4ccc(C)cc4)c4nc(c(-c5ccc(C)cc5)c5ccc2[n-]5)C=C4)C=C3)cc1.[Au]. The van der Waals surface area contributed by atoms with Gasteiger partial charge >= 0.3 is 0 Å². The van der Waals surface area contributed by atoms with E-state index in [0.717, 1.165) is 89.4 Å². The molecule has 5 heterocycles. The molecule has 2 aliphatic heterocycles. The van der Waals surface area contributed by atoms with Crippen LogP contribution in [0.3, 0.4) is 0 Å². The van der Waals surface area contributed by atoms with Crippen molar-refractivity contribution in [3.05, 3.63) is 166 Å². The average Bonchev–Trinajstić information content (AvgIpc) is 3.99. The molecule has 53 heavy (non-hydrogen) atoms. The Bertz CT molecular complexity index is 2350. The third kappa shape index (κ3) is 6.47. The van der Waals surface area contributed by atoms with Gasteiger partial charge in [-0.15, -0.1) is 22.1 Å². The monoisotopic (exact) mass is 865 g/mol. The minimum atomic E-state index is 0. The predicted molar refractivity (Wildman–Crippen MR) is 217 cm³/mol. The molecule has 4 nitrogen and oxygen atoms in total. The molecule has 1 radical (unpaired) electrons. The summed E-state index contributed by atoms with van der Waals surface area (Å²) in [5.74, 6) is 0. The van der Waals surface area contributed by atoms with Gasteiger partial charge in [0.2, 0.25) is 0 Å². The molecule has 0 spiro atoms. The van der Waals surface area contributed by atoms with E-state index < -0.39 is 0 Å². The van der Waals surface area contributed by atoms with E-state index in [4.69, 9.17) is 19.9 Å². The minimum Gasteiger partial charge on any atom is -0.657 e. The van der Waals surface area contributed by atoms with Crippen molar-refractivity contribution < 1.29 is 22.4 Å². The van der Waals surface area contributed by atoms with Gasteiger partial charge < -0.3 is 9.97 Å². The van der Waals surface area contributed by atoms with Crippen LogP contribution in [0.4, 0.5) is 0 Å². The van der Waals surface area contributed by atoms with Crippen LogP contribution in [0.25, 0.3) is 90.9 Å². The predicted octanol–water partition coefficient (Wildman–Crippen LogP) is 11.8. The zero-order chi connectivity index (χ0) is 35.3. The van der Waals surface area contributed by atoms with Crippen molar-refractivity contribution >= 4 is 46.4 Å². The number of nitrogens with zero attached hydrogens (tertiary/aromatic N) is 4.